The van der Waals surface area contributed by atoms with Crippen LogP contribution in [0.15, 0.2) is 0 Å². The van der Waals surface area contributed by atoms with Crippen molar-refractivity contribution < 1.29 is 5.11 Å². The molecule has 11 heavy (non-hydrogen) atoms. The fourth-order valence-corrected chi connectivity index (χ4v) is 0.965. The van der Waals surface area contributed by atoms with Gasteiger partial charge in [-0.2, -0.15) is 11.8 Å². The lowest BCUT2D eigenvalue weighted by Gasteiger charge is -2.12. The largest absolute Gasteiger partial charge is 0.392 e. The fraction of sp³-hybridized carbons (Fsp3) is 1.00. The van der Waals surface area contributed by atoms with E-state index >= 15 is 0 Å². The summed E-state index contributed by atoms with van der Waals surface area (Å²) < 4.78 is 0. The molecular weight excluding hydrogens is 158 g/mol. The highest BCUT2D eigenvalue weighted by Crippen LogP contribution is 2.02. The first-order chi connectivity index (χ1) is 5.20. The van der Waals surface area contributed by atoms with E-state index in [9.17, 15) is 5.11 Å². The summed E-state index contributed by atoms with van der Waals surface area (Å²) in [5.41, 5.74) is 0. The third kappa shape index (κ3) is 6.66. The summed E-state index contributed by atoms with van der Waals surface area (Å²) in [4.78, 5) is 0. The number of aliphatic hydroxyl groups excluding tert-OH is 1. The Kier molecular flexibility index (Phi) is 7.12. The van der Waals surface area contributed by atoms with E-state index in [0.29, 0.717) is 5.25 Å². The molecule has 0 spiro atoms. The van der Waals surface area contributed by atoms with Crippen LogP contribution in [0, 0.1) is 0 Å². The molecule has 0 heterocycles. The highest BCUT2D eigenvalue weighted by atomic mass is 32.2. The summed E-state index contributed by atoms with van der Waals surface area (Å²) in [6.45, 7) is 5.87. The van der Waals surface area contributed by atoms with Crippen molar-refractivity contribution in [2.75, 3.05) is 19.3 Å². The number of aliphatic hydroxyl groups is 1. The Morgan fingerprint density at radius 3 is 2.55 bits per heavy atom. The molecule has 0 amide bonds. The normalized spacial score (nSPS) is 16.4. The zero-order valence-electron chi connectivity index (χ0n) is 7.63. The first-order valence-electron chi connectivity index (χ1n) is 4.12. The van der Waals surface area contributed by atoms with Crippen molar-refractivity contribution in [1.82, 2.24) is 5.32 Å². The van der Waals surface area contributed by atoms with Gasteiger partial charge in [-0.3, -0.25) is 0 Å². The summed E-state index contributed by atoms with van der Waals surface area (Å²) in [7, 11) is 0. The van der Waals surface area contributed by atoms with E-state index in [1.54, 1.807) is 0 Å². The van der Waals surface area contributed by atoms with Crippen LogP contribution in [0.1, 0.15) is 20.3 Å². The van der Waals surface area contributed by atoms with Crippen LogP contribution >= 0.6 is 11.8 Å². The molecule has 0 rings (SSSR count). The van der Waals surface area contributed by atoms with Gasteiger partial charge in [-0.1, -0.05) is 13.8 Å². The van der Waals surface area contributed by atoms with Crippen molar-refractivity contribution in [3.05, 3.63) is 0 Å². The topological polar surface area (TPSA) is 32.3 Å². The Balaban J connectivity index is 3.13. The smallest absolute Gasteiger partial charge is 0.0662 e. The van der Waals surface area contributed by atoms with E-state index in [0.717, 1.165) is 19.5 Å². The van der Waals surface area contributed by atoms with Crippen LogP contribution < -0.4 is 5.32 Å². The van der Waals surface area contributed by atoms with Crippen LogP contribution in [0.25, 0.3) is 0 Å². The predicted molar refractivity (Wildman–Crippen MR) is 52.1 cm³/mol. The summed E-state index contributed by atoms with van der Waals surface area (Å²) >= 11 is 1.84. The van der Waals surface area contributed by atoms with Crippen molar-refractivity contribution in [3.8, 4) is 0 Å². The van der Waals surface area contributed by atoms with Crippen molar-refractivity contribution in [2.24, 2.45) is 0 Å². The van der Waals surface area contributed by atoms with E-state index in [4.69, 9.17) is 0 Å². The molecule has 3 heteroatoms. The molecule has 0 saturated carbocycles. The average molecular weight is 177 g/mol. The van der Waals surface area contributed by atoms with Gasteiger partial charge < -0.3 is 10.4 Å². The zero-order valence-corrected chi connectivity index (χ0v) is 8.45. The monoisotopic (exact) mass is 177 g/mol. The maximum atomic E-state index is 9.17. The van der Waals surface area contributed by atoms with Crippen molar-refractivity contribution >= 4 is 11.8 Å². The molecule has 0 aliphatic rings. The number of nitrogens with one attached hydrogen (secondary N) is 1. The zero-order chi connectivity index (χ0) is 8.69. The van der Waals surface area contributed by atoms with Gasteiger partial charge >= 0.3 is 0 Å². The Bertz CT molecular complexity index is 80.2. The number of thioether (sulfide) groups is 1. The first kappa shape index (κ1) is 11.3. The van der Waals surface area contributed by atoms with Gasteiger partial charge in [0, 0.05) is 18.3 Å². The van der Waals surface area contributed by atoms with E-state index in [-0.39, 0.29) is 6.10 Å². The highest BCUT2D eigenvalue weighted by molar-refractivity contribution is 7.99. The molecule has 0 aromatic rings. The highest BCUT2D eigenvalue weighted by Gasteiger charge is 2.01. The van der Waals surface area contributed by atoms with Crippen LogP contribution in [0.4, 0.5) is 0 Å². The molecule has 2 atom stereocenters. The number of hydrogen-bond acceptors (Lipinski definition) is 3. The standard InChI is InChI=1S/C8H19NOS/c1-4-8(10)6-9-5-7(2)11-3/h7-10H,4-6H2,1-3H3. The van der Waals surface area contributed by atoms with Gasteiger partial charge in [-0.05, 0) is 12.7 Å². The average Bonchev–Trinajstić information content (AvgIpc) is 2.04. The molecule has 68 valence electrons. The first-order valence-corrected chi connectivity index (χ1v) is 5.41. The molecule has 0 saturated heterocycles. The van der Waals surface area contributed by atoms with Gasteiger partial charge in [0.2, 0.25) is 0 Å². The lowest BCUT2D eigenvalue weighted by Crippen LogP contribution is -2.30. The van der Waals surface area contributed by atoms with Gasteiger partial charge in [-0.15, -0.1) is 0 Å². The molecule has 2 nitrogen and oxygen atoms in total. The van der Waals surface area contributed by atoms with Crippen LogP contribution in [-0.2, 0) is 0 Å². The molecular formula is C8H19NOS. The second-order valence-corrected chi connectivity index (χ2v) is 4.04. The summed E-state index contributed by atoms with van der Waals surface area (Å²) in [6.07, 6.45) is 2.76. The van der Waals surface area contributed by atoms with E-state index in [2.05, 4.69) is 18.5 Å². The maximum absolute atomic E-state index is 9.17. The van der Waals surface area contributed by atoms with Crippen LogP contribution in [0.5, 0.6) is 0 Å². The second-order valence-electron chi connectivity index (χ2n) is 2.77. The summed E-state index contributed by atoms with van der Waals surface area (Å²) in [5, 5.41) is 13.0. The van der Waals surface area contributed by atoms with Gasteiger partial charge in [0.05, 0.1) is 6.10 Å². The molecule has 0 radical (unpaired) electrons. The van der Waals surface area contributed by atoms with E-state index in [1.807, 2.05) is 18.7 Å². The lowest BCUT2D eigenvalue weighted by molar-refractivity contribution is 0.168. The minimum Gasteiger partial charge on any atom is -0.392 e. The van der Waals surface area contributed by atoms with E-state index < -0.39 is 0 Å². The molecule has 0 fully saturated rings. The minimum absolute atomic E-state index is 0.177. The fourth-order valence-electron chi connectivity index (χ4n) is 0.681. The lowest BCUT2D eigenvalue weighted by atomic mass is 10.3. The van der Waals surface area contributed by atoms with Gasteiger partial charge in [0.1, 0.15) is 0 Å². The SMILES string of the molecule is CCC(O)CNCC(C)SC. The third-order valence-corrected chi connectivity index (χ3v) is 2.66. The predicted octanol–water partition coefficient (Wildman–Crippen LogP) is 1.10. The van der Waals surface area contributed by atoms with Crippen molar-refractivity contribution in [2.45, 2.75) is 31.6 Å². The number of hydrogen-bond donors (Lipinski definition) is 2. The van der Waals surface area contributed by atoms with Crippen LogP contribution in [-0.4, -0.2) is 35.8 Å². The Morgan fingerprint density at radius 1 is 1.45 bits per heavy atom. The molecule has 0 aliphatic heterocycles. The van der Waals surface area contributed by atoms with Crippen molar-refractivity contribution in [1.29, 1.82) is 0 Å². The Labute approximate surface area is 73.8 Å². The maximum Gasteiger partial charge on any atom is 0.0662 e. The molecule has 2 unspecified atom stereocenters. The molecule has 0 aromatic carbocycles. The summed E-state index contributed by atoms with van der Waals surface area (Å²) in [5.74, 6) is 0. The third-order valence-electron chi connectivity index (χ3n) is 1.69. The molecule has 0 bridgehead atoms. The van der Waals surface area contributed by atoms with Gasteiger partial charge in [-0.25, -0.2) is 0 Å². The van der Waals surface area contributed by atoms with E-state index in [1.165, 1.54) is 0 Å². The molecule has 0 aromatic heterocycles. The molecule has 0 aliphatic carbocycles. The molecule has 2 N–H and O–H groups in total. The van der Waals surface area contributed by atoms with Crippen molar-refractivity contribution in [3.63, 3.8) is 0 Å². The Morgan fingerprint density at radius 2 is 2.09 bits per heavy atom. The Hall–Kier alpha value is 0.270. The quantitative estimate of drug-likeness (QED) is 0.637. The van der Waals surface area contributed by atoms with Crippen LogP contribution in [0.2, 0.25) is 0 Å². The van der Waals surface area contributed by atoms with Gasteiger partial charge in [0.25, 0.3) is 0 Å². The van der Waals surface area contributed by atoms with Crippen LogP contribution in [0.3, 0.4) is 0 Å². The summed E-state index contributed by atoms with van der Waals surface area (Å²) in [6, 6.07) is 0. The van der Waals surface area contributed by atoms with Gasteiger partial charge in [0.15, 0.2) is 0 Å². The second kappa shape index (κ2) is 6.95. The minimum atomic E-state index is -0.177. The number of rotatable bonds is 6.